The number of aliphatic carboxylic acids is 1. The fourth-order valence-corrected chi connectivity index (χ4v) is 2.12. The molecular formula is C13H17NO4. The van der Waals surface area contributed by atoms with Crippen LogP contribution in [-0.4, -0.2) is 42.5 Å². The molecular weight excluding hydrogens is 234 g/mol. The molecule has 1 aromatic rings. The number of nitrogens with zero attached hydrogens (tertiary/aromatic N) is 1. The molecule has 1 atom stereocenters. The number of rotatable bonds is 3. The molecule has 0 amide bonds. The molecule has 1 unspecified atom stereocenters. The third kappa shape index (κ3) is 2.63. The Balaban J connectivity index is 2.36. The Labute approximate surface area is 106 Å². The minimum absolute atomic E-state index is 0.449. The summed E-state index contributed by atoms with van der Waals surface area (Å²) in [7, 11) is 0. The highest BCUT2D eigenvalue weighted by Gasteiger charge is 2.23. The van der Waals surface area contributed by atoms with Gasteiger partial charge in [-0.05, 0) is 13.0 Å². The Morgan fingerprint density at radius 1 is 1.39 bits per heavy atom. The van der Waals surface area contributed by atoms with E-state index >= 15 is 0 Å². The molecule has 0 spiro atoms. The van der Waals surface area contributed by atoms with Gasteiger partial charge in [-0.3, -0.25) is 0 Å². The van der Waals surface area contributed by atoms with Crippen molar-refractivity contribution in [2.24, 2.45) is 0 Å². The van der Waals surface area contributed by atoms with Gasteiger partial charge in [-0.25, -0.2) is 4.79 Å². The second-order valence-corrected chi connectivity index (χ2v) is 4.40. The largest absolute Gasteiger partial charge is 0.479 e. The molecule has 98 valence electrons. The van der Waals surface area contributed by atoms with Crippen molar-refractivity contribution in [2.75, 3.05) is 31.2 Å². The first-order valence-corrected chi connectivity index (χ1v) is 5.93. The highest BCUT2D eigenvalue weighted by atomic mass is 16.5. The molecule has 18 heavy (non-hydrogen) atoms. The van der Waals surface area contributed by atoms with Gasteiger partial charge in [0.2, 0.25) is 0 Å². The molecule has 1 saturated heterocycles. The average molecular weight is 251 g/mol. The Hall–Kier alpha value is -1.59. The number of ether oxygens (including phenoxy) is 1. The monoisotopic (exact) mass is 251 g/mol. The number of carbonyl (C=O) groups is 1. The van der Waals surface area contributed by atoms with Crippen LogP contribution in [0.1, 0.15) is 17.2 Å². The van der Waals surface area contributed by atoms with Crippen LogP contribution >= 0.6 is 0 Å². The van der Waals surface area contributed by atoms with Crippen molar-refractivity contribution in [3.8, 4) is 0 Å². The fraction of sp³-hybridized carbons (Fsp3) is 0.462. The molecule has 1 heterocycles. The number of carboxylic acid groups (broad SMARTS) is 1. The number of aryl methyl sites for hydroxylation is 1. The van der Waals surface area contributed by atoms with Crippen LogP contribution in [-0.2, 0) is 9.53 Å². The van der Waals surface area contributed by atoms with Crippen molar-refractivity contribution >= 4 is 11.7 Å². The number of hydrogen-bond acceptors (Lipinski definition) is 4. The number of aliphatic hydroxyl groups excluding tert-OH is 1. The van der Waals surface area contributed by atoms with Gasteiger partial charge in [-0.15, -0.1) is 0 Å². The third-order valence-electron chi connectivity index (χ3n) is 3.06. The fourth-order valence-electron chi connectivity index (χ4n) is 2.12. The van der Waals surface area contributed by atoms with Crippen LogP contribution in [0.15, 0.2) is 18.2 Å². The van der Waals surface area contributed by atoms with Crippen LogP contribution < -0.4 is 4.90 Å². The average Bonchev–Trinajstić information content (AvgIpc) is 2.38. The number of carboxylic acids is 1. The second-order valence-electron chi connectivity index (χ2n) is 4.40. The van der Waals surface area contributed by atoms with Crippen LogP contribution in [0, 0.1) is 6.92 Å². The lowest BCUT2D eigenvalue weighted by molar-refractivity contribution is -0.146. The maximum atomic E-state index is 11.0. The lowest BCUT2D eigenvalue weighted by Gasteiger charge is -2.31. The van der Waals surface area contributed by atoms with E-state index in [9.17, 15) is 9.90 Å². The maximum absolute atomic E-state index is 11.0. The van der Waals surface area contributed by atoms with E-state index in [2.05, 4.69) is 0 Å². The first-order chi connectivity index (χ1) is 8.59. The van der Waals surface area contributed by atoms with E-state index in [1.54, 1.807) is 6.07 Å². The summed E-state index contributed by atoms with van der Waals surface area (Å²) in [6, 6.07) is 5.51. The molecule has 2 N–H and O–H groups in total. The van der Waals surface area contributed by atoms with Crippen LogP contribution in [0.25, 0.3) is 0 Å². The summed E-state index contributed by atoms with van der Waals surface area (Å²) < 4.78 is 5.27. The van der Waals surface area contributed by atoms with E-state index in [4.69, 9.17) is 9.84 Å². The van der Waals surface area contributed by atoms with Crippen molar-refractivity contribution < 1.29 is 19.7 Å². The Morgan fingerprint density at radius 3 is 2.67 bits per heavy atom. The summed E-state index contributed by atoms with van der Waals surface area (Å²) >= 11 is 0. The van der Waals surface area contributed by atoms with Crippen molar-refractivity contribution in [3.63, 3.8) is 0 Å². The summed E-state index contributed by atoms with van der Waals surface area (Å²) in [6.45, 7) is 4.54. The number of benzene rings is 1. The molecule has 0 radical (unpaired) electrons. The van der Waals surface area contributed by atoms with Gasteiger partial charge in [0.15, 0.2) is 6.10 Å². The lowest BCUT2D eigenvalue weighted by atomic mass is 10.0. The zero-order chi connectivity index (χ0) is 13.1. The van der Waals surface area contributed by atoms with Crippen LogP contribution in [0.3, 0.4) is 0 Å². The Bertz CT molecular complexity index is 441. The van der Waals surface area contributed by atoms with Gasteiger partial charge in [-0.1, -0.05) is 17.7 Å². The van der Waals surface area contributed by atoms with E-state index < -0.39 is 12.1 Å². The highest BCUT2D eigenvalue weighted by Crippen LogP contribution is 2.28. The van der Waals surface area contributed by atoms with Crippen LogP contribution in [0.2, 0.25) is 0 Å². The smallest absolute Gasteiger partial charge is 0.337 e. The predicted molar refractivity (Wildman–Crippen MR) is 66.8 cm³/mol. The van der Waals surface area contributed by atoms with Gasteiger partial charge < -0.3 is 19.8 Å². The zero-order valence-corrected chi connectivity index (χ0v) is 10.3. The van der Waals surface area contributed by atoms with E-state index in [1.807, 2.05) is 24.0 Å². The first-order valence-electron chi connectivity index (χ1n) is 5.93. The molecule has 0 aromatic heterocycles. The van der Waals surface area contributed by atoms with Gasteiger partial charge in [0, 0.05) is 24.3 Å². The van der Waals surface area contributed by atoms with Gasteiger partial charge in [0.1, 0.15) is 0 Å². The predicted octanol–water partition coefficient (Wildman–Crippen LogP) is 0.950. The number of morpholine rings is 1. The molecule has 5 heteroatoms. The third-order valence-corrected chi connectivity index (χ3v) is 3.06. The molecule has 0 aliphatic carbocycles. The van der Waals surface area contributed by atoms with Crippen molar-refractivity contribution in [1.82, 2.24) is 0 Å². The summed E-state index contributed by atoms with van der Waals surface area (Å²) in [5.74, 6) is -1.23. The molecule has 0 bridgehead atoms. The standard InChI is InChI=1S/C13H17NO4/c1-9-2-3-11(14-4-6-18-7-5-14)10(8-9)12(15)13(16)17/h2-3,8,12,15H,4-7H2,1H3,(H,16,17). The van der Waals surface area contributed by atoms with E-state index in [-0.39, 0.29) is 0 Å². The summed E-state index contributed by atoms with van der Waals surface area (Å²) in [4.78, 5) is 13.0. The summed E-state index contributed by atoms with van der Waals surface area (Å²) in [5, 5.41) is 18.7. The van der Waals surface area contributed by atoms with E-state index in [0.717, 1.165) is 11.3 Å². The van der Waals surface area contributed by atoms with Crippen LogP contribution in [0.5, 0.6) is 0 Å². The van der Waals surface area contributed by atoms with Crippen molar-refractivity contribution in [2.45, 2.75) is 13.0 Å². The molecule has 1 aliphatic heterocycles. The molecule has 0 saturated carbocycles. The minimum atomic E-state index is -1.48. The first kappa shape index (κ1) is 12.9. The number of hydrogen-bond donors (Lipinski definition) is 2. The van der Waals surface area contributed by atoms with Gasteiger partial charge in [0.25, 0.3) is 0 Å². The zero-order valence-electron chi connectivity index (χ0n) is 10.3. The SMILES string of the molecule is Cc1ccc(N2CCOCC2)c(C(O)C(=O)O)c1. The molecule has 1 aromatic carbocycles. The molecule has 2 rings (SSSR count). The minimum Gasteiger partial charge on any atom is -0.479 e. The highest BCUT2D eigenvalue weighted by molar-refractivity contribution is 5.77. The van der Waals surface area contributed by atoms with Crippen molar-refractivity contribution in [1.29, 1.82) is 0 Å². The van der Waals surface area contributed by atoms with Crippen molar-refractivity contribution in [3.05, 3.63) is 29.3 Å². The molecule has 1 aliphatic rings. The van der Waals surface area contributed by atoms with E-state index in [0.29, 0.717) is 31.9 Å². The van der Waals surface area contributed by atoms with E-state index in [1.165, 1.54) is 0 Å². The normalized spacial score (nSPS) is 17.6. The van der Waals surface area contributed by atoms with Gasteiger partial charge in [-0.2, -0.15) is 0 Å². The maximum Gasteiger partial charge on any atom is 0.337 e. The Morgan fingerprint density at radius 2 is 2.06 bits per heavy atom. The second kappa shape index (κ2) is 5.37. The Kier molecular flexibility index (Phi) is 3.84. The van der Waals surface area contributed by atoms with Crippen LogP contribution in [0.4, 0.5) is 5.69 Å². The topological polar surface area (TPSA) is 70.0 Å². The van der Waals surface area contributed by atoms with Gasteiger partial charge >= 0.3 is 5.97 Å². The molecule has 1 fully saturated rings. The number of anilines is 1. The molecule has 5 nitrogen and oxygen atoms in total. The quantitative estimate of drug-likeness (QED) is 0.837. The lowest BCUT2D eigenvalue weighted by Crippen LogP contribution is -2.37. The number of aliphatic hydroxyl groups is 1. The summed E-state index contributed by atoms with van der Waals surface area (Å²) in [5.41, 5.74) is 2.16. The summed E-state index contributed by atoms with van der Waals surface area (Å²) in [6.07, 6.45) is -1.48. The van der Waals surface area contributed by atoms with Gasteiger partial charge in [0.05, 0.1) is 13.2 Å².